The van der Waals surface area contributed by atoms with Crippen molar-refractivity contribution >= 4 is 23.8 Å². The van der Waals surface area contributed by atoms with E-state index in [1.807, 2.05) is 13.2 Å². The average Bonchev–Trinajstić information content (AvgIpc) is 2.72. The molecule has 0 aromatic carbocycles. The van der Waals surface area contributed by atoms with Gasteiger partial charge in [0.2, 0.25) is 0 Å². The fraction of sp³-hybridized carbons (Fsp3) is 0.833. The van der Waals surface area contributed by atoms with Crippen LogP contribution in [0.5, 0.6) is 0 Å². The molecule has 0 saturated carbocycles. The number of nitrogens with zero attached hydrogens (tertiary/aromatic N) is 1. The first-order valence-electron chi connectivity index (χ1n) is 6.26. The Labute approximate surface area is 112 Å². The number of urea groups is 1. The Hall–Kier alpha value is -0.910. The van der Waals surface area contributed by atoms with Crippen molar-refractivity contribution in [3.8, 4) is 0 Å². The molecule has 18 heavy (non-hydrogen) atoms. The number of carbonyl (C=O) groups excluding carboxylic acids is 1. The zero-order valence-electron chi connectivity index (χ0n) is 11.2. The van der Waals surface area contributed by atoms with Crippen LogP contribution >= 0.6 is 11.8 Å². The Morgan fingerprint density at radius 1 is 1.56 bits per heavy atom. The second kappa shape index (κ2) is 6.31. The topological polar surface area (TPSA) is 69.6 Å². The van der Waals surface area contributed by atoms with Gasteiger partial charge in [-0.3, -0.25) is 0 Å². The summed E-state index contributed by atoms with van der Waals surface area (Å²) in [5.74, 6) is -0.0760. The summed E-state index contributed by atoms with van der Waals surface area (Å²) in [5.41, 5.74) is -1.05. The van der Waals surface area contributed by atoms with Crippen LogP contribution in [0.1, 0.15) is 33.1 Å². The van der Waals surface area contributed by atoms with Crippen LogP contribution in [0.25, 0.3) is 0 Å². The summed E-state index contributed by atoms with van der Waals surface area (Å²) < 4.78 is 0. The number of aliphatic carboxylic acids is 1. The van der Waals surface area contributed by atoms with Crippen LogP contribution < -0.4 is 5.32 Å². The largest absolute Gasteiger partial charge is 0.480 e. The number of rotatable bonds is 5. The van der Waals surface area contributed by atoms with Gasteiger partial charge in [-0.25, -0.2) is 9.59 Å². The Bertz CT molecular complexity index is 324. The summed E-state index contributed by atoms with van der Waals surface area (Å²) in [4.78, 5) is 24.9. The van der Waals surface area contributed by atoms with E-state index in [4.69, 9.17) is 0 Å². The molecule has 0 bridgehead atoms. The molecular formula is C12H22N2O3S. The lowest BCUT2D eigenvalue weighted by Crippen LogP contribution is -2.55. The molecule has 0 aromatic heterocycles. The van der Waals surface area contributed by atoms with Crippen LogP contribution in [-0.2, 0) is 4.79 Å². The van der Waals surface area contributed by atoms with Crippen molar-refractivity contribution < 1.29 is 14.7 Å². The third-order valence-electron chi connectivity index (χ3n) is 3.54. The predicted molar refractivity (Wildman–Crippen MR) is 73.0 cm³/mol. The Balaban J connectivity index is 2.68. The molecule has 2 atom stereocenters. The third-order valence-corrected chi connectivity index (χ3v) is 4.27. The molecular weight excluding hydrogens is 252 g/mol. The zero-order valence-corrected chi connectivity index (χ0v) is 12.0. The molecule has 0 spiro atoms. The maximum absolute atomic E-state index is 12.2. The summed E-state index contributed by atoms with van der Waals surface area (Å²) >= 11 is 1.68. The molecule has 2 amide bonds. The number of amides is 2. The Morgan fingerprint density at radius 2 is 2.22 bits per heavy atom. The van der Waals surface area contributed by atoms with Gasteiger partial charge >= 0.3 is 12.0 Å². The molecule has 5 nitrogen and oxygen atoms in total. The average molecular weight is 274 g/mol. The number of carbonyl (C=O) groups is 2. The van der Waals surface area contributed by atoms with Crippen LogP contribution in [0.4, 0.5) is 4.79 Å². The van der Waals surface area contributed by atoms with E-state index in [1.165, 1.54) is 4.90 Å². The van der Waals surface area contributed by atoms with Crippen molar-refractivity contribution in [3.63, 3.8) is 0 Å². The molecule has 1 aliphatic heterocycles. The smallest absolute Gasteiger partial charge is 0.329 e. The number of likely N-dealkylation sites (tertiary alicyclic amines) is 1. The van der Waals surface area contributed by atoms with E-state index < -0.39 is 11.5 Å². The normalized spacial score (nSPS) is 24.9. The highest BCUT2D eigenvalue weighted by molar-refractivity contribution is 7.98. The molecule has 1 aliphatic rings. The fourth-order valence-electron chi connectivity index (χ4n) is 2.23. The van der Waals surface area contributed by atoms with Gasteiger partial charge in [0.05, 0.1) is 0 Å². The second-order valence-electron chi connectivity index (χ2n) is 4.84. The van der Waals surface area contributed by atoms with Crippen LogP contribution in [0.2, 0.25) is 0 Å². The molecule has 104 valence electrons. The van der Waals surface area contributed by atoms with Crippen molar-refractivity contribution in [3.05, 3.63) is 0 Å². The van der Waals surface area contributed by atoms with Gasteiger partial charge in [-0.1, -0.05) is 6.92 Å². The Morgan fingerprint density at radius 3 is 2.72 bits per heavy atom. The molecule has 1 fully saturated rings. The summed E-state index contributed by atoms with van der Waals surface area (Å²) in [6.45, 7) is 4.16. The van der Waals surface area contributed by atoms with E-state index in [0.29, 0.717) is 13.0 Å². The van der Waals surface area contributed by atoms with Gasteiger partial charge in [0, 0.05) is 18.3 Å². The van der Waals surface area contributed by atoms with E-state index in [2.05, 4.69) is 5.32 Å². The van der Waals surface area contributed by atoms with Gasteiger partial charge in [-0.05, 0) is 32.4 Å². The molecule has 2 N–H and O–H groups in total. The van der Waals surface area contributed by atoms with Crippen LogP contribution in [-0.4, -0.2) is 52.1 Å². The first-order valence-corrected chi connectivity index (χ1v) is 7.65. The van der Waals surface area contributed by atoms with Crippen LogP contribution in [0, 0.1) is 0 Å². The van der Waals surface area contributed by atoms with Crippen molar-refractivity contribution in [2.24, 2.45) is 0 Å². The second-order valence-corrected chi connectivity index (χ2v) is 5.75. The van der Waals surface area contributed by atoms with Crippen molar-refractivity contribution in [1.82, 2.24) is 10.2 Å². The van der Waals surface area contributed by atoms with Gasteiger partial charge in [-0.15, -0.1) is 0 Å². The van der Waals surface area contributed by atoms with E-state index in [1.54, 1.807) is 18.7 Å². The minimum absolute atomic E-state index is 0.103. The minimum Gasteiger partial charge on any atom is -0.480 e. The summed E-state index contributed by atoms with van der Waals surface area (Å²) in [6, 6.07) is -0.149. The van der Waals surface area contributed by atoms with Crippen LogP contribution in [0.3, 0.4) is 0 Å². The molecule has 2 unspecified atom stereocenters. The summed E-state index contributed by atoms with van der Waals surface area (Å²) in [5, 5.41) is 12.2. The van der Waals surface area contributed by atoms with Gasteiger partial charge in [-0.2, -0.15) is 11.8 Å². The van der Waals surface area contributed by atoms with Crippen LogP contribution in [0.15, 0.2) is 0 Å². The van der Waals surface area contributed by atoms with Crippen molar-refractivity contribution in [2.45, 2.75) is 44.7 Å². The molecule has 0 radical (unpaired) electrons. The molecule has 1 heterocycles. The number of hydrogen-bond donors (Lipinski definition) is 2. The van der Waals surface area contributed by atoms with E-state index in [-0.39, 0.29) is 12.1 Å². The first kappa shape index (κ1) is 15.1. The highest BCUT2D eigenvalue weighted by Gasteiger charge is 2.46. The van der Waals surface area contributed by atoms with Crippen molar-refractivity contribution in [2.75, 3.05) is 18.6 Å². The lowest BCUT2D eigenvalue weighted by molar-refractivity contribution is -0.147. The van der Waals surface area contributed by atoms with Gasteiger partial charge < -0.3 is 15.3 Å². The van der Waals surface area contributed by atoms with Gasteiger partial charge in [0.15, 0.2) is 0 Å². The number of hydrogen-bond acceptors (Lipinski definition) is 3. The number of nitrogens with one attached hydrogen (secondary N) is 1. The minimum atomic E-state index is -1.05. The number of carboxylic acid groups (broad SMARTS) is 1. The molecule has 1 saturated heterocycles. The molecule has 1 rings (SSSR count). The maximum Gasteiger partial charge on any atom is 0.329 e. The lowest BCUT2D eigenvalue weighted by atomic mass is 10.00. The van der Waals surface area contributed by atoms with Crippen molar-refractivity contribution in [1.29, 1.82) is 0 Å². The summed E-state index contributed by atoms with van der Waals surface area (Å²) in [7, 11) is 0. The third kappa shape index (κ3) is 3.10. The number of carboxylic acids is 1. The lowest BCUT2D eigenvalue weighted by Gasteiger charge is -2.32. The SMILES string of the molecule is CCC(CSC)NC(=O)N1CCCC1(C)C(=O)O. The number of thioether (sulfide) groups is 1. The van der Waals surface area contributed by atoms with E-state index in [0.717, 1.165) is 18.6 Å². The molecule has 0 aliphatic carbocycles. The predicted octanol–water partition coefficient (Wildman–Crippen LogP) is 1.78. The monoisotopic (exact) mass is 274 g/mol. The Kier molecular flexibility index (Phi) is 5.31. The quantitative estimate of drug-likeness (QED) is 0.801. The first-order chi connectivity index (χ1) is 8.45. The van der Waals surface area contributed by atoms with E-state index >= 15 is 0 Å². The highest BCUT2D eigenvalue weighted by atomic mass is 32.2. The fourth-order valence-corrected chi connectivity index (χ4v) is 2.95. The summed E-state index contributed by atoms with van der Waals surface area (Å²) in [6.07, 6.45) is 4.11. The zero-order chi connectivity index (χ0) is 13.8. The standard InChI is InChI=1S/C12H22N2O3S/c1-4-9(8-18-3)13-11(17)14-7-5-6-12(14,2)10(15)16/h9H,4-8H2,1-3H3,(H,13,17)(H,15,16). The van der Waals surface area contributed by atoms with Gasteiger partial charge in [0.25, 0.3) is 0 Å². The highest BCUT2D eigenvalue weighted by Crippen LogP contribution is 2.29. The maximum atomic E-state index is 12.2. The molecule has 6 heteroatoms. The van der Waals surface area contributed by atoms with Gasteiger partial charge in [0.1, 0.15) is 5.54 Å². The van der Waals surface area contributed by atoms with E-state index in [9.17, 15) is 14.7 Å². The molecule has 0 aromatic rings.